The van der Waals surface area contributed by atoms with E-state index in [0.717, 1.165) is 29.0 Å². The monoisotopic (exact) mass is 488 g/mol. The first-order valence-corrected chi connectivity index (χ1v) is 11.7. The molecule has 0 unspecified atom stereocenters. The van der Waals surface area contributed by atoms with Crippen molar-refractivity contribution in [2.75, 3.05) is 12.8 Å². The number of halogens is 6. The van der Waals surface area contributed by atoms with Crippen molar-refractivity contribution in [2.45, 2.75) is 43.4 Å². The summed E-state index contributed by atoms with van der Waals surface area (Å²) in [5.74, 6) is -7.07. The van der Waals surface area contributed by atoms with E-state index < -0.39 is 60.0 Å². The van der Waals surface area contributed by atoms with Gasteiger partial charge in [-0.15, -0.1) is 0 Å². The predicted molar refractivity (Wildman–Crippen MR) is 114 cm³/mol. The van der Waals surface area contributed by atoms with Crippen LogP contribution >= 0.6 is 11.9 Å². The second kappa shape index (κ2) is 9.21. The van der Waals surface area contributed by atoms with E-state index in [1.165, 1.54) is 18.2 Å². The Bertz CT molecular complexity index is 1030. The highest BCUT2D eigenvalue weighted by Crippen LogP contribution is 2.40. The molecule has 1 saturated carbocycles. The zero-order chi connectivity index (χ0) is 23.9. The molecule has 2 atom stereocenters. The minimum atomic E-state index is -3.28. The molecule has 1 heterocycles. The van der Waals surface area contributed by atoms with Crippen LogP contribution in [-0.4, -0.2) is 47.8 Å². The SMILES string of the molecule is CSN[C@@H]1[C@H](Cc2cccc(-c3cc(F)cc(F)c3)c2F)N(C(=O)C2CC(F)C2)CC1(F)F. The van der Waals surface area contributed by atoms with Crippen molar-refractivity contribution in [3.63, 3.8) is 0 Å². The fourth-order valence-electron chi connectivity index (χ4n) is 4.54. The molecule has 1 aliphatic carbocycles. The van der Waals surface area contributed by atoms with Gasteiger partial charge in [-0.1, -0.05) is 30.1 Å². The van der Waals surface area contributed by atoms with Crippen molar-refractivity contribution in [1.82, 2.24) is 9.62 Å². The number of hydrogen-bond acceptors (Lipinski definition) is 3. The zero-order valence-electron chi connectivity index (χ0n) is 17.6. The summed E-state index contributed by atoms with van der Waals surface area (Å²) in [6, 6.07) is 4.28. The number of nitrogens with one attached hydrogen (secondary N) is 1. The molecule has 3 nitrogen and oxygen atoms in total. The van der Waals surface area contributed by atoms with Crippen LogP contribution in [0.15, 0.2) is 36.4 Å². The predicted octanol–water partition coefficient (Wildman–Crippen LogP) is 5.14. The molecular formula is C23H22F6N2OS. The van der Waals surface area contributed by atoms with E-state index in [1.807, 2.05) is 0 Å². The molecule has 1 aliphatic heterocycles. The van der Waals surface area contributed by atoms with E-state index in [2.05, 4.69) is 4.72 Å². The van der Waals surface area contributed by atoms with E-state index in [-0.39, 0.29) is 36.0 Å². The van der Waals surface area contributed by atoms with Gasteiger partial charge in [0.2, 0.25) is 5.91 Å². The molecule has 0 radical (unpaired) electrons. The second-order valence-electron chi connectivity index (χ2n) is 8.50. The van der Waals surface area contributed by atoms with E-state index in [4.69, 9.17) is 0 Å². The van der Waals surface area contributed by atoms with Gasteiger partial charge in [0.1, 0.15) is 29.7 Å². The van der Waals surface area contributed by atoms with Gasteiger partial charge in [-0.05, 0) is 48.8 Å². The van der Waals surface area contributed by atoms with Gasteiger partial charge >= 0.3 is 0 Å². The maximum absolute atomic E-state index is 15.4. The largest absolute Gasteiger partial charge is 0.331 e. The van der Waals surface area contributed by atoms with Crippen molar-refractivity contribution in [3.05, 3.63) is 59.4 Å². The number of benzene rings is 2. The smallest absolute Gasteiger partial charge is 0.283 e. The van der Waals surface area contributed by atoms with Gasteiger partial charge in [0.05, 0.1) is 12.6 Å². The lowest BCUT2D eigenvalue weighted by atomic mass is 9.82. The first-order chi connectivity index (χ1) is 15.6. The quantitative estimate of drug-likeness (QED) is 0.451. The Hall–Kier alpha value is -2.20. The summed E-state index contributed by atoms with van der Waals surface area (Å²) in [5, 5.41) is 0. The Morgan fingerprint density at radius 3 is 2.42 bits per heavy atom. The van der Waals surface area contributed by atoms with Gasteiger partial charge < -0.3 is 4.90 Å². The highest BCUT2D eigenvalue weighted by atomic mass is 32.2. The van der Waals surface area contributed by atoms with Crippen LogP contribution in [-0.2, 0) is 11.2 Å². The lowest BCUT2D eigenvalue weighted by Gasteiger charge is -2.35. The molecule has 0 bridgehead atoms. The van der Waals surface area contributed by atoms with Crippen LogP contribution in [0.2, 0.25) is 0 Å². The highest BCUT2D eigenvalue weighted by molar-refractivity contribution is 7.96. The van der Waals surface area contributed by atoms with Crippen LogP contribution in [0.1, 0.15) is 18.4 Å². The highest BCUT2D eigenvalue weighted by Gasteiger charge is 2.57. The molecule has 2 aromatic rings. The fourth-order valence-corrected chi connectivity index (χ4v) is 5.13. The normalized spacial score (nSPS) is 26.3. The number of rotatable bonds is 6. The molecule has 2 fully saturated rings. The third kappa shape index (κ3) is 4.73. The summed E-state index contributed by atoms with van der Waals surface area (Å²) in [4.78, 5) is 13.9. The van der Waals surface area contributed by atoms with Gasteiger partial charge in [0.15, 0.2) is 0 Å². The third-order valence-electron chi connectivity index (χ3n) is 6.26. The standard InChI is InChI=1S/C23H22F6N2OS/c1-33-30-21-19(31(11-23(21,28)29)22(32)14-7-15(24)8-14)9-12-3-2-4-18(20(12)27)13-5-16(25)10-17(26)6-13/h2-6,10,14-15,19,21,30H,7-9,11H2,1H3/t14?,15?,19-,21+/m0/s1. The van der Waals surface area contributed by atoms with Crippen LogP contribution in [0.3, 0.4) is 0 Å². The Morgan fingerprint density at radius 1 is 1.15 bits per heavy atom. The lowest BCUT2D eigenvalue weighted by Crippen LogP contribution is -2.50. The second-order valence-corrected chi connectivity index (χ2v) is 9.14. The first-order valence-electron chi connectivity index (χ1n) is 10.5. The van der Waals surface area contributed by atoms with Gasteiger partial charge in [0, 0.05) is 17.5 Å². The minimum Gasteiger partial charge on any atom is -0.331 e. The minimum absolute atomic E-state index is 0.0107. The van der Waals surface area contributed by atoms with E-state index in [9.17, 15) is 26.7 Å². The Balaban J connectivity index is 1.67. The Labute approximate surface area is 191 Å². The molecular weight excluding hydrogens is 466 g/mol. The number of alkyl halides is 3. The summed E-state index contributed by atoms with van der Waals surface area (Å²) in [6.45, 7) is -0.849. The lowest BCUT2D eigenvalue weighted by molar-refractivity contribution is -0.142. The maximum atomic E-state index is 15.4. The summed E-state index contributed by atoms with van der Waals surface area (Å²) in [5.41, 5.74) is -0.0801. The average molecular weight is 488 g/mol. The van der Waals surface area contributed by atoms with Crippen LogP contribution in [0.4, 0.5) is 26.3 Å². The summed E-state index contributed by atoms with van der Waals surface area (Å²) < 4.78 is 88.3. The topological polar surface area (TPSA) is 32.3 Å². The molecule has 1 amide bonds. The number of likely N-dealkylation sites (tertiary alicyclic amines) is 1. The molecule has 0 aromatic heterocycles. The molecule has 2 aromatic carbocycles. The van der Waals surface area contributed by atoms with Crippen molar-refractivity contribution in [2.24, 2.45) is 5.92 Å². The Morgan fingerprint density at radius 2 is 1.82 bits per heavy atom. The molecule has 1 saturated heterocycles. The fraction of sp³-hybridized carbons (Fsp3) is 0.435. The molecule has 178 valence electrons. The number of amides is 1. The average Bonchev–Trinajstić information content (AvgIpc) is 2.96. The number of carbonyl (C=O) groups excluding carboxylic acids is 1. The van der Waals surface area contributed by atoms with Gasteiger partial charge in [-0.2, -0.15) is 0 Å². The van der Waals surface area contributed by atoms with E-state index >= 15 is 4.39 Å². The molecule has 0 spiro atoms. The number of nitrogens with zero attached hydrogens (tertiary/aromatic N) is 1. The summed E-state index contributed by atoms with van der Waals surface area (Å²) in [6.07, 6.45) is 0.174. The Kier molecular flexibility index (Phi) is 6.68. The first kappa shape index (κ1) is 23.9. The van der Waals surface area contributed by atoms with Crippen LogP contribution < -0.4 is 4.72 Å². The van der Waals surface area contributed by atoms with Crippen molar-refractivity contribution >= 4 is 17.9 Å². The van der Waals surface area contributed by atoms with E-state index in [1.54, 1.807) is 6.26 Å². The van der Waals surface area contributed by atoms with Crippen LogP contribution in [0, 0.1) is 23.4 Å². The van der Waals surface area contributed by atoms with Gasteiger partial charge in [0.25, 0.3) is 5.92 Å². The zero-order valence-corrected chi connectivity index (χ0v) is 18.4. The molecule has 10 heteroatoms. The van der Waals surface area contributed by atoms with Gasteiger partial charge in [-0.25, -0.2) is 26.3 Å². The summed E-state index contributed by atoms with van der Waals surface area (Å²) in [7, 11) is 0. The third-order valence-corrected chi connectivity index (χ3v) is 6.75. The van der Waals surface area contributed by atoms with Crippen LogP contribution in [0.25, 0.3) is 11.1 Å². The van der Waals surface area contributed by atoms with Crippen LogP contribution in [0.5, 0.6) is 0 Å². The number of carbonyl (C=O) groups is 1. The maximum Gasteiger partial charge on any atom is 0.283 e. The summed E-state index contributed by atoms with van der Waals surface area (Å²) >= 11 is 0.960. The van der Waals surface area contributed by atoms with Crippen molar-refractivity contribution < 1.29 is 31.1 Å². The van der Waals surface area contributed by atoms with Crippen molar-refractivity contribution in [3.8, 4) is 11.1 Å². The van der Waals surface area contributed by atoms with E-state index in [0.29, 0.717) is 6.07 Å². The number of hydrogen-bond donors (Lipinski definition) is 1. The molecule has 2 aliphatic rings. The van der Waals surface area contributed by atoms with Gasteiger partial charge in [-0.3, -0.25) is 9.52 Å². The molecule has 1 N–H and O–H groups in total. The molecule has 4 rings (SSSR count). The molecule has 33 heavy (non-hydrogen) atoms. The van der Waals surface area contributed by atoms with Crippen molar-refractivity contribution in [1.29, 1.82) is 0 Å².